The third-order valence-corrected chi connectivity index (χ3v) is 9.70. The highest BCUT2D eigenvalue weighted by atomic mass is 35.5. The van der Waals surface area contributed by atoms with Crippen LogP contribution in [0.5, 0.6) is 0 Å². The summed E-state index contributed by atoms with van der Waals surface area (Å²) in [6, 6.07) is 22.9. The maximum Gasteiger partial charge on any atom is 0.162 e. The van der Waals surface area contributed by atoms with Crippen molar-refractivity contribution < 1.29 is 4.79 Å². The van der Waals surface area contributed by atoms with Crippen LogP contribution in [0.3, 0.4) is 0 Å². The fourth-order valence-electron chi connectivity index (χ4n) is 6.20. The minimum atomic E-state index is -0.507. The van der Waals surface area contributed by atoms with Gasteiger partial charge in [-0.1, -0.05) is 79.5 Å². The van der Waals surface area contributed by atoms with E-state index in [4.69, 9.17) is 17.3 Å². The first-order chi connectivity index (χ1) is 19.5. The molecular formula is C35H36ClN3OS. The number of thioether (sulfide) groups is 1. The van der Waals surface area contributed by atoms with E-state index in [1.54, 1.807) is 0 Å². The number of hydrogen-bond acceptors (Lipinski definition) is 5. The molecule has 0 saturated heterocycles. The highest BCUT2D eigenvalue weighted by Crippen LogP contribution is 2.51. The van der Waals surface area contributed by atoms with E-state index in [0.717, 1.165) is 45.1 Å². The van der Waals surface area contributed by atoms with Gasteiger partial charge in [0.25, 0.3) is 0 Å². The summed E-state index contributed by atoms with van der Waals surface area (Å²) in [7, 11) is 0. The maximum atomic E-state index is 14.0. The Morgan fingerprint density at radius 2 is 1.76 bits per heavy atom. The van der Waals surface area contributed by atoms with Crippen molar-refractivity contribution in [3.8, 4) is 6.07 Å². The lowest BCUT2D eigenvalue weighted by atomic mass is 9.68. The van der Waals surface area contributed by atoms with Crippen molar-refractivity contribution in [1.29, 1.82) is 5.26 Å². The van der Waals surface area contributed by atoms with Gasteiger partial charge in [-0.3, -0.25) is 9.69 Å². The molecule has 0 bridgehead atoms. The molecule has 1 atom stereocenters. The topological polar surface area (TPSA) is 70.1 Å². The van der Waals surface area contributed by atoms with Gasteiger partial charge in [0.15, 0.2) is 5.78 Å². The number of carbonyl (C=O) groups is 1. The number of anilines is 1. The monoisotopic (exact) mass is 581 g/mol. The molecule has 1 unspecified atom stereocenters. The van der Waals surface area contributed by atoms with Crippen LogP contribution in [-0.2, 0) is 16.3 Å². The summed E-state index contributed by atoms with van der Waals surface area (Å²) >= 11 is 8.41. The molecule has 1 aliphatic carbocycles. The molecule has 210 valence electrons. The highest BCUT2D eigenvalue weighted by Gasteiger charge is 2.45. The minimum absolute atomic E-state index is 0.0760. The van der Waals surface area contributed by atoms with Crippen LogP contribution in [0, 0.1) is 37.5 Å². The molecule has 2 N–H and O–H groups in total. The second-order valence-corrected chi connectivity index (χ2v) is 13.4. The predicted molar refractivity (Wildman–Crippen MR) is 171 cm³/mol. The molecule has 5 rings (SSSR count). The number of Topliss-reactive ketones (excluding diaryl/α,β-unsaturated/α-hetero) is 1. The largest absolute Gasteiger partial charge is 0.384 e. The van der Waals surface area contributed by atoms with Crippen molar-refractivity contribution in [3.63, 3.8) is 0 Å². The number of allylic oxidation sites excluding steroid dienone is 3. The first kappa shape index (κ1) is 29.0. The van der Waals surface area contributed by atoms with Crippen LogP contribution in [0.15, 0.2) is 83.3 Å². The van der Waals surface area contributed by atoms with Gasteiger partial charge < -0.3 is 5.73 Å². The molecule has 0 aromatic heterocycles. The van der Waals surface area contributed by atoms with Crippen LogP contribution in [0.2, 0.25) is 5.02 Å². The Balaban J connectivity index is 1.65. The molecule has 0 amide bonds. The zero-order valence-corrected chi connectivity index (χ0v) is 25.9. The average molecular weight is 582 g/mol. The Hall–Kier alpha value is -3.46. The molecule has 1 heterocycles. The smallest absolute Gasteiger partial charge is 0.162 e. The number of hydrogen-bond donors (Lipinski definition) is 1. The van der Waals surface area contributed by atoms with E-state index >= 15 is 0 Å². The number of aryl methyl sites for hydroxylation is 1. The van der Waals surface area contributed by atoms with Crippen molar-refractivity contribution in [2.45, 2.75) is 64.9 Å². The van der Waals surface area contributed by atoms with Gasteiger partial charge in [0.05, 0.1) is 23.2 Å². The number of ketones is 1. The summed E-state index contributed by atoms with van der Waals surface area (Å²) in [6.45, 7) is 10.4. The summed E-state index contributed by atoms with van der Waals surface area (Å²) in [5.41, 5.74) is 16.0. The number of carbonyl (C=O) groups excluding carboxylic acids is 1. The van der Waals surface area contributed by atoms with Crippen LogP contribution in [0.1, 0.15) is 66.0 Å². The number of nitrogens with two attached hydrogens (primary N) is 1. The fraction of sp³-hybridized carbons (Fsp3) is 0.314. The fourth-order valence-corrected chi connectivity index (χ4v) is 7.42. The van der Waals surface area contributed by atoms with Crippen LogP contribution in [0.4, 0.5) is 5.69 Å². The van der Waals surface area contributed by atoms with Crippen LogP contribution >= 0.6 is 23.4 Å². The zero-order chi connectivity index (χ0) is 29.5. The van der Waals surface area contributed by atoms with Crippen molar-refractivity contribution in [2.75, 3.05) is 4.90 Å². The van der Waals surface area contributed by atoms with Crippen molar-refractivity contribution in [1.82, 2.24) is 0 Å². The van der Waals surface area contributed by atoms with Crippen molar-refractivity contribution in [3.05, 3.63) is 122 Å². The molecule has 1 aliphatic heterocycles. The summed E-state index contributed by atoms with van der Waals surface area (Å²) in [5.74, 6) is 1.69. The third kappa shape index (κ3) is 5.56. The summed E-state index contributed by atoms with van der Waals surface area (Å²) in [4.78, 5) is 16.0. The Labute approximate surface area is 252 Å². The van der Waals surface area contributed by atoms with E-state index in [9.17, 15) is 10.1 Å². The Kier molecular flexibility index (Phi) is 8.10. The lowest BCUT2D eigenvalue weighted by Crippen LogP contribution is -2.42. The number of nitrogens with zero attached hydrogens (tertiary/aromatic N) is 2. The minimum Gasteiger partial charge on any atom is -0.384 e. The molecule has 0 spiro atoms. The molecule has 4 nitrogen and oxygen atoms in total. The van der Waals surface area contributed by atoms with Crippen molar-refractivity contribution in [2.24, 2.45) is 11.1 Å². The van der Waals surface area contributed by atoms with E-state index in [1.165, 1.54) is 11.1 Å². The third-order valence-electron chi connectivity index (χ3n) is 8.24. The Morgan fingerprint density at radius 3 is 2.46 bits per heavy atom. The number of rotatable bonds is 6. The maximum absolute atomic E-state index is 14.0. The second kappa shape index (κ2) is 11.4. The standard InChI is InChI=1S/C35H36ClN3OS/c1-21-14-25(20-41-19-24-10-7-6-8-11-24)22(2)26(15-21)32-27(18-37)34(38)39(29-13-9-12-28(36)23(29)3)30-16-35(4,5)17-31(40)33(30)32/h6-15,32H,16-17,19-20,38H2,1-5H3. The summed E-state index contributed by atoms with van der Waals surface area (Å²) < 4.78 is 0. The molecule has 3 aromatic rings. The van der Waals surface area contributed by atoms with Gasteiger partial charge in [-0.15, -0.1) is 0 Å². The summed E-state index contributed by atoms with van der Waals surface area (Å²) in [6.07, 6.45) is 1.09. The van der Waals surface area contributed by atoms with Crippen LogP contribution in [0.25, 0.3) is 0 Å². The average Bonchev–Trinajstić information content (AvgIpc) is 2.92. The van der Waals surface area contributed by atoms with Gasteiger partial charge in [0, 0.05) is 34.2 Å². The molecule has 6 heteroatoms. The van der Waals surface area contributed by atoms with E-state index in [0.29, 0.717) is 34.8 Å². The first-order valence-electron chi connectivity index (χ1n) is 14.0. The quantitative estimate of drug-likeness (QED) is 0.315. The first-order valence-corrected chi connectivity index (χ1v) is 15.5. The Morgan fingerprint density at radius 1 is 1.02 bits per heavy atom. The second-order valence-electron chi connectivity index (χ2n) is 12.0. The molecule has 3 aromatic carbocycles. The number of benzene rings is 3. The molecular weight excluding hydrogens is 546 g/mol. The predicted octanol–water partition coefficient (Wildman–Crippen LogP) is 8.64. The Bertz CT molecular complexity index is 1630. The number of halogens is 1. The van der Waals surface area contributed by atoms with Gasteiger partial charge in [0.1, 0.15) is 5.82 Å². The zero-order valence-electron chi connectivity index (χ0n) is 24.3. The SMILES string of the molecule is Cc1cc(CSCc2ccccc2)c(C)c(C2C(C#N)=C(N)N(c3cccc(Cl)c3C)C3=C2C(=O)CC(C)(C)C3)c1. The van der Waals surface area contributed by atoms with Gasteiger partial charge in [0.2, 0.25) is 0 Å². The normalized spacial score (nSPS) is 18.4. The lowest BCUT2D eigenvalue weighted by molar-refractivity contribution is -0.118. The van der Waals surface area contributed by atoms with Gasteiger partial charge in [-0.2, -0.15) is 17.0 Å². The van der Waals surface area contributed by atoms with Gasteiger partial charge in [-0.05, 0) is 72.6 Å². The lowest BCUT2D eigenvalue weighted by Gasteiger charge is -2.44. The van der Waals surface area contributed by atoms with E-state index in [-0.39, 0.29) is 11.2 Å². The molecule has 0 fully saturated rings. The van der Waals surface area contributed by atoms with E-state index in [2.05, 4.69) is 70.2 Å². The van der Waals surface area contributed by atoms with Crippen LogP contribution < -0.4 is 10.6 Å². The number of nitriles is 1. The summed E-state index contributed by atoms with van der Waals surface area (Å²) in [5, 5.41) is 11.2. The van der Waals surface area contributed by atoms with Gasteiger partial charge in [-0.25, -0.2) is 0 Å². The van der Waals surface area contributed by atoms with E-state index < -0.39 is 5.92 Å². The molecule has 41 heavy (non-hydrogen) atoms. The van der Waals surface area contributed by atoms with Crippen molar-refractivity contribution >= 4 is 34.8 Å². The van der Waals surface area contributed by atoms with Gasteiger partial charge >= 0.3 is 0 Å². The highest BCUT2D eigenvalue weighted by molar-refractivity contribution is 7.97. The van der Waals surface area contributed by atoms with Crippen LogP contribution in [-0.4, -0.2) is 5.78 Å². The molecule has 0 radical (unpaired) electrons. The molecule has 2 aliphatic rings. The molecule has 0 saturated carbocycles. The van der Waals surface area contributed by atoms with E-state index in [1.807, 2.05) is 47.9 Å².